The monoisotopic (exact) mass is 310 g/mol. The first-order valence-corrected chi connectivity index (χ1v) is 6.69. The highest BCUT2D eigenvalue weighted by Crippen LogP contribution is 2.30. The molecular weight excluding hydrogens is 301 g/mol. The molecule has 6 heteroatoms. The lowest BCUT2D eigenvalue weighted by atomic mass is 10.2. The van der Waals surface area contributed by atoms with Gasteiger partial charge >= 0.3 is 0 Å². The molecule has 0 aliphatic heterocycles. The predicted octanol–water partition coefficient (Wildman–Crippen LogP) is 4.74. The van der Waals surface area contributed by atoms with Crippen LogP contribution in [0.15, 0.2) is 36.4 Å². The second-order valence-corrected chi connectivity index (χ2v) is 5.28. The maximum atomic E-state index is 14.1. The van der Waals surface area contributed by atoms with Crippen LogP contribution in [0, 0.1) is 17.5 Å². The van der Waals surface area contributed by atoms with E-state index < -0.39 is 22.8 Å². The molecule has 0 fully saturated rings. The van der Waals surface area contributed by atoms with E-state index in [2.05, 4.69) is 4.98 Å². The minimum Gasteiger partial charge on any atom is -0.292 e. The summed E-state index contributed by atoms with van der Waals surface area (Å²) in [4.78, 5) is 4.33. The first kappa shape index (κ1) is 13.9. The van der Waals surface area contributed by atoms with Crippen molar-refractivity contribution in [3.05, 3.63) is 59.7 Å². The smallest absolute Gasteiger partial charge is 0.161 e. The Morgan fingerprint density at radius 1 is 1.05 bits per heavy atom. The molecule has 0 bridgehead atoms. The van der Waals surface area contributed by atoms with Gasteiger partial charge in [-0.25, -0.2) is 18.2 Å². The molecule has 0 aliphatic carbocycles. The molecule has 0 amide bonds. The fourth-order valence-electron chi connectivity index (χ4n) is 2.25. The molecule has 0 N–H and O–H groups in total. The molecule has 0 aliphatic rings. The maximum absolute atomic E-state index is 14.1. The number of para-hydroxylation sites is 2. The van der Waals surface area contributed by atoms with Gasteiger partial charge < -0.3 is 0 Å². The summed E-state index contributed by atoms with van der Waals surface area (Å²) in [5.74, 6) is -2.88. The molecule has 1 atom stereocenters. The van der Waals surface area contributed by atoms with Crippen LogP contribution in [-0.2, 0) is 0 Å². The fourth-order valence-corrected chi connectivity index (χ4v) is 2.39. The van der Waals surface area contributed by atoms with Crippen molar-refractivity contribution in [3.8, 4) is 5.69 Å². The van der Waals surface area contributed by atoms with Crippen molar-refractivity contribution >= 4 is 22.6 Å². The average Bonchev–Trinajstić information content (AvgIpc) is 2.82. The van der Waals surface area contributed by atoms with Crippen LogP contribution in [0.2, 0.25) is 0 Å². The number of benzene rings is 2. The number of fused-ring (bicyclic) bond motifs is 1. The summed E-state index contributed by atoms with van der Waals surface area (Å²) in [5, 5.41) is -0.523. The van der Waals surface area contributed by atoms with E-state index in [1.807, 2.05) is 0 Å². The Balaban J connectivity index is 2.38. The number of rotatable bonds is 2. The summed E-state index contributed by atoms with van der Waals surface area (Å²) in [5.41, 5.74) is 1.05. The zero-order valence-electron chi connectivity index (χ0n) is 10.9. The van der Waals surface area contributed by atoms with E-state index in [0.717, 1.165) is 6.07 Å². The fraction of sp³-hybridized carbons (Fsp3) is 0.133. The zero-order chi connectivity index (χ0) is 15.1. The standard InChI is InChI=1S/C15H10ClF3N2/c1-8(16)15-20-12-4-2-3-5-13(12)21(15)14-7-10(18)9(17)6-11(14)19/h2-8H,1H3. The first-order chi connectivity index (χ1) is 9.99. The van der Waals surface area contributed by atoms with Crippen LogP contribution in [0.25, 0.3) is 16.7 Å². The number of imidazole rings is 1. The minimum absolute atomic E-state index is 0.120. The molecule has 108 valence electrons. The second kappa shape index (κ2) is 5.07. The molecular formula is C15H10ClF3N2. The van der Waals surface area contributed by atoms with Gasteiger partial charge in [-0.15, -0.1) is 11.6 Å². The lowest BCUT2D eigenvalue weighted by molar-refractivity contribution is 0.492. The average molecular weight is 311 g/mol. The van der Waals surface area contributed by atoms with Gasteiger partial charge in [-0.3, -0.25) is 4.57 Å². The number of halogens is 4. The Labute approximate surface area is 123 Å². The summed E-state index contributed by atoms with van der Waals surface area (Å²) in [6, 6.07) is 8.31. The summed E-state index contributed by atoms with van der Waals surface area (Å²) in [6.07, 6.45) is 0. The van der Waals surface area contributed by atoms with E-state index in [0.29, 0.717) is 22.9 Å². The quantitative estimate of drug-likeness (QED) is 0.493. The van der Waals surface area contributed by atoms with Gasteiger partial charge in [-0.2, -0.15) is 0 Å². The number of alkyl halides is 1. The van der Waals surface area contributed by atoms with Crippen LogP contribution in [0.3, 0.4) is 0 Å². The van der Waals surface area contributed by atoms with Crippen LogP contribution in [0.4, 0.5) is 13.2 Å². The van der Waals surface area contributed by atoms with Gasteiger partial charge in [-0.1, -0.05) is 12.1 Å². The number of hydrogen-bond donors (Lipinski definition) is 0. The molecule has 0 saturated carbocycles. The largest absolute Gasteiger partial charge is 0.292 e. The maximum Gasteiger partial charge on any atom is 0.161 e. The molecule has 0 radical (unpaired) electrons. The molecule has 2 aromatic carbocycles. The Morgan fingerprint density at radius 2 is 1.71 bits per heavy atom. The molecule has 0 saturated heterocycles. The van der Waals surface area contributed by atoms with Gasteiger partial charge in [-0.05, 0) is 19.1 Å². The molecule has 21 heavy (non-hydrogen) atoms. The molecule has 2 nitrogen and oxygen atoms in total. The highest BCUT2D eigenvalue weighted by molar-refractivity contribution is 6.20. The van der Waals surface area contributed by atoms with Crippen LogP contribution in [-0.4, -0.2) is 9.55 Å². The third-order valence-electron chi connectivity index (χ3n) is 3.17. The molecule has 1 unspecified atom stereocenters. The highest BCUT2D eigenvalue weighted by atomic mass is 35.5. The van der Waals surface area contributed by atoms with Crippen molar-refractivity contribution in [2.75, 3.05) is 0 Å². The Bertz CT molecular complexity index is 827. The van der Waals surface area contributed by atoms with Crippen LogP contribution in [0.5, 0.6) is 0 Å². The minimum atomic E-state index is -1.24. The SMILES string of the molecule is CC(Cl)c1nc2ccccc2n1-c1cc(F)c(F)cc1F. The molecule has 0 spiro atoms. The van der Waals surface area contributed by atoms with Crippen LogP contribution >= 0.6 is 11.6 Å². The summed E-state index contributed by atoms with van der Waals surface area (Å²) >= 11 is 6.08. The summed E-state index contributed by atoms with van der Waals surface area (Å²) in [6.45, 7) is 1.68. The first-order valence-electron chi connectivity index (χ1n) is 6.25. The van der Waals surface area contributed by atoms with E-state index in [1.165, 1.54) is 4.57 Å². The Morgan fingerprint density at radius 3 is 2.43 bits per heavy atom. The van der Waals surface area contributed by atoms with Crippen LogP contribution in [0.1, 0.15) is 18.1 Å². The lowest BCUT2D eigenvalue weighted by Crippen LogP contribution is -2.05. The molecule has 1 heterocycles. The van der Waals surface area contributed by atoms with Gasteiger partial charge in [0.05, 0.1) is 22.1 Å². The van der Waals surface area contributed by atoms with Crippen molar-refractivity contribution in [2.45, 2.75) is 12.3 Å². The van der Waals surface area contributed by atoms with E-state index in [1.54, 1.807) is 31.2 Å². The zero-order valence-corrected chi connectivity index (χ0v) is 11.7. The lowest BCUT2D eigenvalue weighted by Gasteiger charge is -2.12. The highest BCUT2D eigenvalue weighted by Gasteiger charge is 2.20. The van der Waals surface area contributed by atoms with Gasteiger partial charge in [0.1, 0.15) is 11.6 Å². The number of nitrogens with zero attached hydrogens (tertiary/aromatic N) is 2. The van der Waals surface area contributed by atoms with Crippen molar-refractivity contribution in [1.82, 2.24) is 9.55 Å². The van der Waals surface area contributed by atoms with E-state index in [-0.39, 0.29) is 5.69 Å². The normalized spacial score (nSPS) is 12.8. The van der Waals surface area contributed by atoms with Gasteiger partial charge in [0, 0.05) is 12.1 Å². The second-order valence-electron chi connectivity index (χ2n) is 4.63. The van der Waals surface area contributed by atoms with Gasteiger partial charge in [0.15, 0.2) is 11.6 Å². The van der Waals surface area contributed by atoms with E-state index in [4.69, 9.17) is 11.6 Å². The van der Waals surface area contributed by atoms with Crippen molar-refractivity contribution in [3.63, 3.8) is 0 Å². The van der Waals surface area contributed by atoms with E-state index >= 15 is 0 Å². The third kappa shape index (κ3) is 2.27. The van der Waals surface area contributed by atoms with Gasteiger partial charge in [0.25, 0.3) is 0 Å². The Kier molecular flexibility index (Phi) is 3.37. The van der Waals surface area contributed by atoms with Crippen molar-refractivity contribution < 1.29 is 13.2 Å². The van der Waals surface area contributed by atoms with Gasteiger partial charge in [0.2, 0.25) is 0 Å². The molecule has 1 aromatic heterocycles. The number of aromatic nitrogens is 2. The Hall–Kier alpha value is -2.01. The van der Waals surface area contributed by atoms with Crippen LogP contribution < -0.4 is 0 Å². The van der Waals surface area contributed by atoms with Crippen molar-refractivity contribution in [1.29, 1.82) is 0 Å². The number of hydrogen-bond acceptors (Lipinski definition) is 1. The molecule has 3 aromatic rings. The predicted molar refractivity (Wildman–Crippen MR) is 75.2 cm³/mol. The molecule has 3 rings (SSSR count). The summed E-state index contributed by atoms with van der Waals surface area (Å²) < 4.78 is 42.1. The topological polar surface area (TPSA) is 17.8 Å². The summed E-state index contributed by atoms with van der Waals surface area (Å²) in [7, 11) is 0. The third-order valence-corrected chi connectivity index (χ3v) is 3.37. The van der Waals surface area contributed by atoms with Crippen molar-refractivity contribution in [2.24, 2.45) is 0 Å². The van der Waals surface area contributed by atoms with E-state index in [9.17, 15) is 13.2 Å².